The fourth-order valence-electron chi connectivity index (χ4n) is 2.24. The summed E-state index contributed by atoms with van der Waals surface area (Å²) in [4.78, 5) is 12.4. The molecule has 1 heterocycles. The summed E-state index contributed by atoms with van der Waals surface area (Å²) in [5.74, 6) is 0.986. The van der Waals surface area contributed by atoms with Crippen molar-refractivity contribution in [2.75, 3.05) is 17.8 Å². The van der Waals surface area contributed by atoms with Gasteiger partial charge in [-0.1, -0.05) is 17.7 Å². The molecule has 3 rings (SSSR count). The Morgan fingerprint density at radius 2 is 1.86 bits per heavy atom. The number of carbonyl (C=O) groups excluding carboxylic acids is 1. The van der Waals surface area contributed by atoms with Crippen LogP contribution in [0.3, 0.4) is 0 Å². The number of anilines is 2. The van der Waals surface area contributed by atoms with Gasteiger partial charge in [0.2, 0.25) is 6.79 Å². The van der Waals surface area contributed by atoms with Crippen LogP contribution in [0.5, 0.6) is 11.5 Å². The second-order valence-electron chi connectivity index (χ2n) is 5.07. The molecule has 0 radical (unpaired) electrons. The summed E-state index contributed by atoms with van der Waals surface area (Å²) in [7, 11) is 0. The lowest BCUT2D eigenvalue weighted by Gasteiger charge is -2.11. The van der Waals surface area contributed by atoms with E-state index in [2.05, 4.69) is 5.32 Å². The summed E-state index contributed by atoms with van der Waals surface area (Å²) in [5.41, 5.74) is 9.48. The van der Waals surface area contributed by atoms with Gasteiger partial charge in [0.25, 0.3) is 5.91 Å². The highest BCUT2D eigenvalue weighted by atomic mass is 16.7. The van der Waals surface area contributed by atoms with E-state index in [0.717, 1.165) is 11.1 Å². The van der Waals surface area contributed by atoms with Gasteiger partial charge in [0.15, 0.2) is 11.5 Å². The Hall–Kier alpha value is -2.69. The first-order valence-corrected chi connectivity index (χ1v) is 6.62. The average molecular weight is 284 g/mol. The van der Waals surface area contributed by atoms with Crippen molar-refractivity contribution >= 4 is 17.3 Å². The average Bonchev–Trinajstić information content (AvgIpc) is 2.88. The van der Waals surface area contributed by atoms with Crippen LogP contribution < -0.4 is 20.5 Å². The summed E-state index contributed by atoms with van der Waals surface area (Å²) in [6.07, 6.45) is 0. The Bertz CT molecular complexity index is 726. The Balaban J connectivity index is 1.90. The molecule has 0 aromatic heterocycles. The quantitative estimate of drug-likeness (QED) is 0.832. The van der Waals surface area contributed by atoms with Crippen LogP contribution in [-0.4, -0.2) is 12.7 Å². The molecular formula is C16H16N2O3. The number of aryl methyl sites for hydroxylation is 2. The molecule has 0 unspecified atom stereocenters. The van der Waals surface area contributed by atoms with Gasteiger partial charge in [-0.25, -0.2) is 0 Å². The molecule has 108 valence electrons. The van der Waals surface area contributed by atoms with Gasteiger partial charge in [-0.05, 0) is 25.5 Å². The second kappa shape index (κ2) is 5.01. The third-order valence-electron chi connectivity index (χ3n) is 3.43. The van der Waals surface area contributed by atoms with E-state index in [9.17, 15) is 4.79 Å². The first kappa shape index (κ1) is 13.3. The van der Waals surface area contributed by atoms with Crippen LogP contribution in [0.25, 0.3) is 0 Å². The minimum absolute atomic E-state index is 0.170. The first-order chi connectivity index (χ1) is 10.0. The molecule has 0 saturated carbocycles. The Morgan fingerprint density at radius 3 is 2.62 bits per heavy atom. The largest absolute Gasteiger partial charge is 0.454 e. The molecule has 0 fully saturated rings. The van der Waals surface area contributed by atoms with E-state index in [4.69, 9.17) is 15.2 Å². The van der Waals surface area contributed by atoms with Crippen molar-refractivity contribution < 1.29 is 14.3 Å². The molecule has 5 nitrogen and oxygen atoms in total. The molecule has 1 aliphatic rings. The molecule has 0 atom stereocenters. The number of ether oxygens (including phenoxy) is 2. The van der Waals surface area contributed by atoms with Crippen molar-refractivity contribution in [1.82, 2.24) is 0 Å². The molecule has 2 aromatic rings. The molecule has 1 amide bonds. The molecular weight excluding hydrogens is 268 g/mol. The number of benzene rings is 2. The Morgan fingerprint density at radius 1 is 1.14 bits per heavy atom. The summed E-state index contributed by atoms with van der Waals surface area (Å²) in [5, 5.41) is 2.82. The van der Waals surface area contributed by atoms with Crippen LogP contribution in [0, 0.1) is 13.8 Å². The van der Waals surface area contributed by atoms with E-state index in [-0.39, 0.29) is 12.7 Å². The van der Waals surface area contributed by atoms with Crippen molar-refractivity contribution in [2.45, 2.75) is 13.8 Å². The monoisotopic (exact) mass is 284 g/mol. The fraction of sp³-hybridized carbons (Fsp3) is 0.188. The first-order valence-electron chi connectivity index (χ1n) is 6.62. The number of amides is 1. The van der Waals surface area contributed by atoms with Gasteiger partial charge in [-0.15, -0.1) is 0 Å². The molecule has 3 N–H and O–H groups in total. The predicted molar refractivity (Wildman–Crippen MR) is 80.8 cm³/mol. The molecule has 0 spiro atoms. The summed E-state index contributed by atoms with van der Waals surface area (Å²) >= 11 is 0. The SMILES string of the molecule is Cc1ccc(C)c(C(=O)Nc2cc3c(cc2N)OCO3)c1. The molecule has 1 aliphatic heterocycles. The molecule has 5 heteroatoms. The maximum Gasteiger partial charge on any atom is 0.255 e. The topological polar surface area (TPSA) is 73.6 Å². The summed E-state index contributed by atoms with van der Waals surface area (Å²) in [6.45, 7) is 4.02. The number of nitrogen functional groups attached to an aromatic ring is 1. The molecule has 0 bridgehead atoms. The van der Waals surface area contributed by atoms with Gasteiger partial charge in [0.05, 0.1) is 11.4 Å². The zero-order chi connectivity index (χ0) is 15.0. The number of rotatable bonds is 2. The van der Waals surface area contributed by atoms with Crippen LogP contribution in [0.1, 0.15) is 21.5 Å². The van der Waals surface area contributed by atoms with Crippen LogP contribution in [0.4, 0.5) is 11.4 Å². The Labute approximate surface area is 122 Å². The molecule has 0 saturated heterocycles. The highest BCUT2D eigenvalue weighted by molar-refractivity contribution is 6.07. The van der Waals surface area contributed by atoms with E-state index >= 15 is 0 Å². The number of fused-ring (bicyclic) bond motifs is 1. The maximum absolute atomic E-state index is 12.4. The lowest BCUT2D eigenvalue weighted by Crippen LogP contribution is -2.14. The van der Waals surface area contributed by atoms with Crippen molar-refractivity contribution in [3.05, 3.63) is 47.0 Å². The van der Waals surface area contributed by atoms with Gasteiger partial charge in [0, 0.05) is 17.7 Å². The summed E-state index contributed by atoms with van der Waals surface area (Å²) < 4.78 is 10.5. The van der Waals surface area contributed by atoms with Gasteiger partial charge < -0.3 is 20.5 Å². The van der Waals surface area contributed by atoms with E-state index in [1.807, 2.05) is 32.0 Å². The lowest BCUT2D eigenvalue weighted by atomic mass is 10.0. The summed E-state index contributed by atoms with van der Waals surface area (Å²) in [6, 6.07) is 9.09. The van der Waals surface area contributed by atoms with Crippen molar-refractivity contribution in [1.29, 1.82) is 0 Å². The number of hydrogen-bond acceptors (Lipinski definition) is 4. The van der Waals surface area contributed by atoms with Gasteiger partial charge in [0.1, 0.15) is 0 Å². The third kappa shape index (κ3) is 2.50. The van der Waals surface area contributed by atoms with E-state index < -0.39 is 0 Å². The predicted octanol–water partition coefficient (Wildman–Crippen LogP) is 2.87. The highest BCUT2D eigenvalue weighted by Crippen LogP contribution is 2.38. The van der Waals surface area contributed by atoms with Crippen molar-refractivity contribution in [3.63, 3.8) is 0 Å². The lowest BCUT2D eigenvalue weighted by molar-refractivity contribution is 0.102. The van der Waals surface area contributed by atoms with Crippen molar-refractivity contribution in [3.8, 4) is 11.5 Å². The van der Waals surface area contributed by atoms with E-state index in [1.54, 1.807) is 12.1 Å². The van der Waals surface area contributed by atoms with Crippen LogP contribution >= 0.6 is 0 Å². The van der Waals surface area contributed by atoms with Crippen molar-refractivity contribution in [2.24, 2.45) is 0 Å². The number of nitrogens with one attached hydrogen (secondary N) is 1. The van der Waals surface area contributed by atoms with Crippen LogP contribution in [0.15, 0.2) is 30.3 Å². The fourth-order valence-corrected chi connectivity index (χ4v) is 2.24. The van der Waals surface area contributed by atoms with Gasteiger partial charge in [-0.2, -0.15) is 0 Å². The second-order valence-corrected chi connectivity index (χ2v) is 5.07. The van der Waals surface area contributed by atoms with Crippen LogP contribution in [-0.2, 0) is 0 Å². The maximum atomic E-state index is 12.4. The van der Waals surface area contributed by atoms with Gasteiger partial charge in [-0.3, -0.25) is 4.79 Å². The number of carbonyl (C=O) groups is 1. The zero-order valence-corrected chi connectivity index (χ0v) is 11.9. The molecule has 21 heavy (non-hydrogen) atoms. The normalized spacial score (nSPS) is 12.3. The minimum atomic E-state index is -0.193. The number of hydrogen-bond donors (Lipinski definition) is 2. The smallest absolute Gasteiger partial charge is 0.255 e. The molecule has 0 aliphatic carbocycles. The van der Waals surface area contributed by atoms with Gasteiger partial charge >= 0.3 is 0 Å². The third-order valence-corrected chi connectivity index (χ3v) is 3.43. The number of nitrogens with two attached hydrogens (primary N) is 1. The van der Waals surface area contributed by atoms with Crippen LogP contribution in [0.2, 0.25) is 0 Å². The van der Waals surface area contributed by atoms with E-state index in [0.29, 0.717) is 28.4 Å². The minimum Gasteiger partial charge on any atom is -0.454 e. The Kier molecular flexibility index (Phi) is 3.17. The molecule has 2 aromatic carbocycles. The standard InChI is InChI=1S/C16H16N2O3/c1-9-3-4-10(2)11(5-9)16(19)18-13-7-15-14(6-12(13)17)20-8-21-15/h3-7H,8,17H2,1-2H3,(H,18,19). The highest BCUT2D eigenvalue weighted by Gasteiger charge is 2.18. The zero-order valence-electron chi connectivity index (χ0n) is 11.9. The van der Waals surface area contributed by atoms with E-state index in [1.165, 1.54) is 0 Å².